The summed E-state index contributed by atoms with van der Waals surface area (Å²) >= 11 is 0. The van der Waals surface area contributed by atoms with Gasteiger partial charge in [-0.15, -0.1) is 0 Å². The molecule has 1 aliphatic rings. The molecule has 0 radical (unpaired) electrons. The molecule has 78 valence electrons. The average molecular weight is 198 g/mol. The molecule has 0 aromatic carbocycles. The maximum Gasteiger partial charge on any atom is 0.404 e. The summed E-state index contributed by atoms with van der Waals surface area (Å²) in [6, 6.07) is -0.131. The molecule has 0 aromatic heterocycles. The molecule has 0 spiro atoms. The van der Waals surface area contributed by atoms with Crippen molar-refractivity contribution in [1.82, 2.24) is 5.32 Å². The van der Waals surface area contributed by atoms with Crippen LogP contribution in [0.1, 0.15) is 19.3 Å². The van der Waals surface area contributed by atoms with Gasteiger partial charge < -0.3 is 15.8 Å². The van der Waals surface area contributed by atoms with Crippen molar-refractivity contribution in [1.29, 1.82) is 0 Å². The van der Waals surface area contributed by atoms with Gasteiger partial charge in [0.2, 0.25) is 5.91 Å². The Kier molecular flexibility index (Phi) is 3.50. The van der Waals surface area contributed by atoms with Crippen molar-refractivity contribution in [3.63, 3.8) is 0 Å². The number of nitrogens with two attached hydrogens (primary N) is 1. The van der Waals surface area contributed by atoms with Crippen LogP contribution in [0, 0.1) is 0 Å². The Labute approximate surface area is 82.3 Å². The first-order valence-corrected chi connectivity index (χ1v) is 4.52. The number of carbonyl (C=O) groups excluding carboxylic acids is 2. The maximum atomic E-state index is 11.0. The first-order valence-electron chi connectivity index (χ1n) is 4.52. The van der Waals surface area contributed by atoms with Crippen LogP contribution in [0.5, 0.6) is 0 Å². The number of amides is 2. The SMILES string of the molecule is C=CC(=O)N[C@H]1CCC[C@H]1OC(N)=O. The second-order valence-corrected chi connectivity index (χ2v) is 3.23. The van der Waals surface area contributed by atoms with E-state index in [4.69, 9.17) is 10.5 Å². The van der Waals surface area contributed by atoms with Crippen molar-refractivity contribution in [2.75, 3.05) is 0 Å². The molecule has 1 fully saturated rings. The van der Waals surface area contributed by atoms with Crippen LogP contribution in [0.25, 0.3) is 0 Å². The third-order valence-corrected chi connectivity index (χ3v) is 2.23. The molecule has 0 heterocycles. The Hall–Kier alpha value is -1.52. The van der Waals surface area contributed by atoms with Crippen LogP contribution in [0.4, 0.5) is 4.79 Å². The molecule has 0 aliphatic heterocycles. The Balaban J connectivity index is 2.46. The highest BCUT2D eigenvalue weighted by Crippen LogP contribution is 2.21. The number of rotatable bonds is 3. The molecular weight excluding hydrogens is 184 g/mol. The van der Waals surface area contributed by atoms with Gasteiger partial charge in [-0.1, -0.05) is 6.58 Å². The smallest absolute Gasteiger partial charge is 0.404 e. The zero-order valence-corrected chi connectivity index (χ0v) is 7.86. The fourth-order valence-electron chi connectivity index (χ4n) is 1.62. The molecule has 2 amide bonds. The summed E-state index contributed by atoms with van der Waals surface area (Å²) in [5, 5.41) is 2.69. The molecule has 0 saturated heterocycles. The van der Waals surface area contributed by atoms with Crippen molar-refractivity contribution >= 4 is 12.0 Å². The van der Waals surface area contributed by atoms with E-state index in [1.807, 2.05) is 0 Å². The molecule has 0 aromatic rings. The van der Waals surface area contributed by atoms with E-state index in [2.05, 4.69) is 11.9 Å². The fraction of sp³-hybridized carbons (Fsp3) is 0.556. The number of primary amides is 1. The van der Waals surface area contributed by atoms with Crippen molar-refractivity contribution in [3.05, 3.63) is 12.7 Å². The first kappa shape index (κ1) is 10.6. The van der Waals surface area contributed by atoms with E-state index in [0.717, 1.165) is 19.3 Å². The van der Waals surface area contributed by atoms with E-state index < -0.39 is 6.09 Å². The van der Waals surface area contributed by atoms with Gasteiger partial charge in [0.25, 0.3) is 0 Å². The van der Waals surface area contributed by atoms with Gasteiger partial charge in [-0.25, -0.2) is 4.79 Å². The molecular formula is C9H14N2O3. The highest BCUT2D eigenvalue weighted by Gasteiger charge is 2.30. The van der Waals surface area contributed by atoms with Gasteiger partial charge in [0.1, 0.15) is 6.10 Å². The molecule has 1 aliphatic carbocycles. The van der Waals surface area contributed by atoms with Gasteiger partial charge in [0.05, 0.1) is 6.04 Å². The van der Waals surface area contributed by atoms with Crippen LogP contribution in [0.2, 0.25) is 0 Å². The Morgan fingerprint density at radius 1 is 1.50 bits per heavy atom. The van der Waals surface area contributed by atoms with Crippen LogP contribution in [0.3, 0.4) is 0 Å². The zero-order valence-electron chi connectivity index (χ0n) is 7.86. The predicted octanol–water partition coefficient (Wildman–Crippen LogP) is 0.305. The lowest BCUT2D eigenvalue weighted by Gasteiger charge is -2.19. The summed E-state index contributed by atoms with van der Waals surface area (Å²) in [5.41, 5.74) is 4.90. The summed E-state index contributed by atoms with van der Waals surface area (Å²) in [4.78, 5) is 21.5. The fourth-order valence-corrected chi connectivity index (χ4v) is 1.62. The second kappa shape index (κ2) is 4.64. The van der Waals surface area contributed by atoms with Gasteiger partial charge >= 0.3 is 6.09 Å². The number of hydrogen-bond donors (Lipinski definition) is 2. The zero-order chi connectivity index (χ0) is 10.6. The third kappa shape index (κ3) is 2.76. The highest BCUT2D eigenvalue weighted by atomic mass is 16.6. The van der Waals surface area contributed by atoms with Crippen LogP contribution in [-0.2, 0) is 9.53 Å². The standard InChI is InChI=1S/C9H14N2O3/c1-2-8(12)11-6-4-3-5-7(6)14-9(10)13/h2,6-7H,1,3-5H2,(H2,10,13)(H,11,12)/t6-,7+/m0/s1. The van der Waals surface area contributed by atoms with Gasteiger partial charge in [-0.3, -0.25) is 4.79 Å². The lowest BCUT2D eigenvalue weighted by molar-refractivity contribution is -0.117. The Morgan fingerprint density at radius 2 is 2.21 bits per heavy atom. The Morgan fingerprint density at radius 3 is 2.79 bits per heavy atom. The average Bonchev–Trinajstić information content (AvgIpc) is 2.52. The number of nitrogens with one attached hydrogen (secondary N) is 1. The van der Waals surface area contributed by atoms with Crippen molar-refractivity contribution in [3.8, 4) is 0 Å². The van der Waals surface area contributed by atoms with Gasteiger partial charge in [-0.2, -0.15) is 0 Å². The van der Waals surface area contributed by atoms with Crippen LogP contribution in [0.15, 0.2) is 12.7 Å². The van der Waals surface area contributed by atoms with E-state index in [0.29, 0.717) is 0 Å². The molecule has 1 rings (SSSR count). The third-order valence-electron chi connectivity index (χ3n) is 2.23. The summed E-state index contributed by atoms with van der Waals surface area (Å²) in [6.45, 7) is 3.34. The summed E-state index contributed by atoms with van der Waals surface area (Å²) in [6.07, 6.45) is 2.56. The summed E-state index contributed by atoms with van der Waals surface area (Å²) in [5.74, 6) is -0.255. The van der Waals surface area contributed by atoms with Crippen LogP contribution in [-0.4, -0.2) is 24.1 Å². The minimum atomic E-state index is -0.797. The quantitative estimate of drug-likeness (QED) is 0.640. The lowest BCUT2D eigenvalue weighted by Crippen LogP contribution is -2.41. The minimum Gasteiger partial charge on any atom is -0.444 e. The summed E-state index contributed by atoms with van der Waals surface area (Å²) < 4.78 is 4.86. The predicted molar refractivity (Wildman–Crippen MR) is 50.4 cm³/mol. The second-order valence-electron chi connectivity index (χ2n) is 3.23. The van der Waals surface area contributed by atoms with Gasteiger partial charge in [-0.05, 0) is 25.3 Å². The number of ether oxygens (including phenoxy) is 1. The monoisotopic (exact) mass is 198 g/mol. The van der Waals surface area contributed by atoms with Crippen LogP contribution >= 0.6 is 0 Å². The molecule has 5 heteroatoms. The number of carbonyl (C=O) groups is 2. The van der Waals surface area contributed by atoms with E-state index >= 15 is 0 Å². The lowest BCUT2D eigenvalue weighted by atomic mass is 10.2. The van der Waals surface area contributed by atoms with Crippen molar-refractivity contribution in [2.24, 2.45) is 5.73 Å². The Bertz CT molecular complexity index is 252. The largest absolute Gasteiger partial charge is 0.444 e. The summed E-state index contributed by atoms with van der Waals surface area (Å²) in [7, 11) is 0. The molecule has 0 unspecified atom stereocenters. The molecule has 14 heavy (non-hydrogen) atoms. The molecule has 5 nitrogen and oxygen atoms in total. The molecule has 1 saturated carbocycles. The normalized spacial score (nSPS) is 25.4. The van der Waals surface area contributed by atoms with Crippen molar-refractivity contribution < 1.29 is 14.3 Å². The number of hydrogen-bond acceptors (Lipinski definition) is 3. The molecule has 3 N–H and O–H groups in total. The van der Waals surface area contributed by atoms with E-state index in [1.165, 1.54) is 6.08 Å². The minimum absolute atomic E-state index is 0.131. The molecule has 2 atom stereocenters. The topological polar surface area (TPSA) is 81.4 Å². The highest BCUT2D eigenvalue weighted by molar-refractivity contribution is 5.87. The first-order chi connectivity index (χ1) is 6.63. The van der Waals surface area contributed by atoms with Crippen LogP contribution < -0.4 is 11.1 Å². The van der Waals surface area contributed by atoms with E-state index in [9.17, 15) is 9.59 Å². The van der Waals surface area contributed by atoms with Crippen molar-refractivity contribution in [2.45, 2.75) is 31.4 Å². The van der Waals surface area contributed by atoms with E-state index in [1.54, 1.807) is 0 Å². The van der Waals surface area contributed by atoms with Gasteiger partial charge in [0.15, 0.2) is 0 Å². The maximum absolute atomic E-state index is 11.0. The molecule has 0 bridgehead atoms. The van der Waals surface area contributed by atoms with Gasteiger partial charge in [0, 0.05) is 0 Å². The van der Waals surface area contributed by atoms with E-state index in [-0.39, 0.29) is 18.1 Å².